The number of aliphatic hydroxyl groups is 1. The molecule has 1 aromatic carbocycles. The normalized spacial score (nSPS) is 25.6. The van der Waals surface area contributed by atoms with Crippen LogP contribution in [-0.4, -0.2) is 74.7 Å². The topological polar surface area (TPSA) is 149 Å². The maximum absolute atomic E-state index is 13.1. The minimum atomic E-state index is -1.92. The molecule has 2 aliphatic heterocycles. The summed E-state index contributed by atoms with van der Waals surface area (Å²) < 4.78 is 27.9. The molecule has 0 spiro atoms. The van der Waals surface area contributed by atoms with Crippen molar-refractivity contribution in [3.8, 4) is 0 Å². The molecule has 2 aliphatic rings. The van der Waals surface area contributed by atoms with E-state index in [2.05, 4.69) is 20.3 Å². The quantitative estimate of drug-likeness (QED) is 0.458. The van der Waals surface area contributed by atoms with Crippen molar-refractivity contribution < 1.29 is 27.8 Å². The van der Waals surface area contributed by atoms with Gasteiger partial charge in [0.05, 0.1) is 24.6 Å². The van der Waals surface area contributed by atoms with E-state index >= 15 is 0 Å². The van der Waals surface area contributed by atoms with Crippen LogP contribution in [0.2, 0.25) is 0 Å². The molecule has 4 heterocycles. The van der Waals surface area contributed by atoms with Crippen LogP contribution >= 0.6 is 0 Å². The zero-order valence-electron chi connectivity index (χ0n) is 21.5. The number of carbonyl (C=O) groups is 2. The number of amides is 1. The Kier molecular flexibility index (Phi) is 6.90. The SMILES string of the molecule is CC1(C)CC(=O)C(C)(C)N1S(=O)OC[C@H]1O[C@@H](n2cnc3c(NC(=O)c4ccccc4)ncnc32)C[C@@H]1O. The van der Waals surface area contributed by atoms with Gasteiger partial charge in [0, 0.05) is 23.9 Å². The lowest BCUT2D eigenvalue weighted by Crippen LogP contribution is -2.51. The Morgan fingerprint density at radius 3 is 2.63 bits per heavy atom. The minimum Gasteiger partial charge on any atom is -0.390 e. The smallest absolute Gasteiger partial charge is 0.256 e. The number of imidazole rings is 1. The molecular weight excluding hydrogens is 512 g/mol. The molecule has 38 heavy (non-hydrogen) atoms. The van der Waals surface area contributed by atoms with Crippen LogP contribution in [0.3, 0.4) is 0 Å². The number of benzene rings is 1. The van der Waals surface area contributed by atoms with Crippen LogP contribution in [0.15, 0.2) is 43.0 Å². The summed E-state index contributed by atoms with van der Waals surface area (Å²) in [6.45, 7) is 7.01. The highest BCUT2D eigenvalue weighted by Crippen LogP contribution is 2.40. The third-order valence-corrected chi connectivity index (χ3v) is 8.54. The van der Waals surface area contributed by atoms with Crippen molar-refractivity contribution >= 4 is 39.9 Å². The van der Waals surface area contributed by atoms with Crippen LogP contribution in [0.1, 0.15) is 57.1 Å². The number of aromatic nitrogens is 4. The van der Waals surface area contributed by atoms with E-state index in [0.717, 1.165) is 0 Å². The van der Waals surface area contributed by atoms with Gasteiger partial charge in [-0.3, -0.25) is 18.3 Å². The number of aliphatic hydroxyl groups excluding tert-OH is 1. The van der Waals surface area contributed by atoms with Gasteiger partial charge in [0.2, 0.25) is 11.3 Å². The van der Waals surface area contributed by atoms with Crippen LogP contribution in [0.5, 0.6) is 0 Å². The number of ether oxygens (including phenoxy) is 1. The summed E-state index contributed by atoms with van der Waals surface area (Å²) in [5.74, 6) is -0.0873. The highest BCUT2D eigenvalue weighted by atomic mass is 32.2. The molecular formula is C25H30N6O6S. The maximum Gasteiger partial charge on any atom is 0.256 e. The first kappa shape index (κ1) is 26.5. The Morgan fingerprint density at radius 2 is 1.95 bits per heavy atom. The number of anilines is 1. The first-order valence-electron chi connectivity index (χ1n) is 12.3. The highest BCUT2D eigenvalue weighted by molar-refractivity contribution is 7.77. The van der Waals surface area contributed by atoms with E-state index in [0.29, 0.717) is 16.7 Å². The van der Waals surface area contributed by atoms with Crippen LogP contribution in [0, 0.1) is 0 Å². The minimum absolute atomic E-state index is 0.00929. The van der Waals surface area contributed by atoms with E-state index in [1.165, 1.54) is 12.7 Å². The molecule has 0 saturated carbocycles. The molecule has 3 aromatic rings. The van der Waals surface area contributed by atoms with Crippen molar-refractivity contribution in [2.24, 2.45) is 0 Å². The Balaban J connectivity index is 1.27. The number of rotatable bonds is 7. The fourth-order valence-electron chi connectivity index (χ4n) is 5.08. The van der Waals surface area contributed by atoms with E-state index < -0.39 is 40.8 Å². The van der Waals surface area contributed by atoms with Crippen molar-refractivity contribution in [1.82, 2.24) is 23.8 Å². The highest BCUT2D eigenvalue weighted by Gasteiger charge is 2.54. The third-order valence-electron chi connectivity index (χ3n) is 6.96. The number of fused-ring (bicyclic) bond motifs is 1. The first-order chi connectivity index (χ1) is 18.0. The molecule has 4 atom stereocenters. The van der Waals surface area contributed by atoms with E-state index in [4.69, 9.17) is 8.92 Å². The van der Waals surface area contributed by atoms with Crippen LogP contribution in [-0.2, 0) is 25.0 Å². The van der Waals surface area contributed by atoms with Crippen molar-refractivity contribution in [2.75, 3.05) is 11.9 Å². The lowest BCUT2D eigenvalue weighted by Gasteiger charge is -2.36. The molecule has 2 fully saturated rings. The maximum atomic E-state index is 13.1. The molecule has 12 nitrogen and oxygen atoms in total. The molecule has 1 amide bonds. The fourth-order valence-corrected chi connectivity index (χ4v) is 6.37. The zero-order chi connectivity index (χ0) is 27.2. The molecule has 13 heteroatoms. The van der Waals surface area contributed by atoms with Crippen LogP contribution in [0.25, 0.3) is 11.2 Å². The van der Waals surface area contributed by atoms with Gasteiger partial charge < -0.3 is 15.2 Å². The van der Waals surface area contributed by atoms with E-state index in [-0.39, 0.29) is 37.0 Å². The number of nitrogens with zero attached hydrogens (tertiary/aromatic N) is 5. The second-order valence-electron chi connectivity index (χ2n) is 10.6. The van der Waals surface area contributed by atoms with Crippen molar-refractivity contribution in [1.29, 1.82) is 0 Å². The average Bonchev–Trinajstić information content (AvgIpc) is 3.50. The molecule has 202 valence electrons. The van der Waals surface area contributed by atoms with Gasteiger partial charge >= 0.3 is 0 Å². The summed E-state index contributed by atoms with van der Waals surface area (Å²) in [6, 6.07) is 8.74. The number of Topliss-reactive ketones (excluding diaryl/α,β-unsaturated/α-hetero) is 1. The zero-order valence-corrected chi connectivity index (χ0v) is 22.3. The summed E-state index contributed by atoms with van der Waals surface area (Å²) >= 11 is -1.92. The molecule has 2 aromatic heterocycles. The molecule has 2 saturated heterocycles. The van der Waals surface area contributed by atoms with Gasteiger partial charge in [-0.05, 0) is 39.8 Å². The molecule has 0 aliphatic carbocycles. The first-order valence-corrected chi connectivity index (χ1v) is 13.3. The van der Waals surface area contributed by atoms with E-state index in [1.54, 1.807) is 47.0 Å². The monoisotopic (exact) mass is 542 g/mol. The number of carbonyl (C=O) groups excluding carboxylic acids is 2. The number of ketones is 1. The number of hydrogen-bond acceptors (Lipinski definition) is 9. The summed E-state index contributed by atoms with van der Waals surface area (Å²) in [4.78, 5) is 37.9. The largest absolute Gasteiger partial charge is 0.390 e. The Bertz CT molecular complexity index is 1390. The summed E-state index contributed by atoms with van der Waals surface area (Å²) in [5.41, 5.74) is -0.295. The number of nitrogens with one attached hydrogen (secondary N) is 1. The summed E-state index contributed by atoms with van der Waals surface area (Å²) in [5, 5.41) is 13.4. The van der Waals surface area contributed by atoms with Gasteiger partial charge in [-0.1, -0.05) is 18.2 Å². The second-order valence-corrected chi connectivity index (χ2v) is 11.6. The Hall–Kier alpha value is -3.10. The van der Waals surface area contributed by atoms with Crippen molar-refractivity contribution in [3.63, 3.8) is 0 Å². The van der Waals surface area contributed by atoms with Gasteiger partial charge in [-0.25, -0.2) is 19.2 Å². The van der Waals surface area contributed by atoms with Crippen molar-refractivity contribution in [2.45, 2.75) is 70.1 Å². The van der Waals surface area contributed by atoms with E-state index in [9.17, 15) is 18.9 Å². The lowest BCUT2D eigenvalue weighted by molar-refractivity contribution is -0.122. The Labute approximate surface area is 222 Å². The van der Waals surface area contributed by atoms with Crippen molar-refractivity contribution in [3.05, 3.63) is 48.5 Å². The van der Waals surface area contributed by atoms with Gasteiger partial charge in [0.1, 0.15) is 18.7 Å². The summed E-state index contributed by atoms with van der Waals surface area (Å²) in [6.07, 6.45) is 1.05. The Morgan fingerprint density at radius 1 is 1.21 bits per heavy atom. The molecule has 0 bridgehead atoms. The lowest BCUT2D eigenvalue weighted by atomic mass is 9.99. The standard InChI is InChI=1S/C25H30N6O6S/c1-24(2)11-18(33)25(3,4)31(24)38(35)36-12-17-16(32)10-19(37-17)30-14-28-20-21(26-13-27-22(20)30)29-23(34)15-8-6-5-7-9-15/h5-9,13-14,16-17,19,32H,10-12H2,1-4H3,(H,26,27,29,34)/t16-,17+,19+,38?/m0/s1. The van der Waals surface area contributed by atoms with Gasteiger partial charge in [0.15, 0.2) is 22.8 Å². The molecule has 5 rings (SSSR count). The van der Waals surface area contributed by atoms with Crippen LogP contribution < -0.4 is 5.32 Å². The average molecular weight is 543 g/mol. The van der Waals surface area contributed by atoms with Gasteiger partial charge in [-0.2, -0.15) is 4.31 Å². The fraction of sp³-hybridized carbons (Fsp3) is 0.480. The van der Waals surface area contributed by atoms with Gasteiger partial charge in [0.25, 0.3) is 5.91 Å². The van der Waals surface area contributed by atoms with Crippen LogP contribution in [0.4, 0.5) is 5.82 Å². The molecule has 2 N–H and O–H groups in total. The second kappa shape index (κ2) is 9.89. The predicted octanol–water partition coefficient (Wildman–Crippen LogP) is 2.15. The third kappa shape index (κ3) is 4.76. The summed E-state index contributed by atoms with van der Waals surface area (Å²) in [7, 11) is 0. The molecule has 0 radical (unpaired) electrons. The predicted molar refractivity (Wildman–Crippen MR) is 138 cm³/mol. The van der Waals surface area contributed by atoms with E-state index in [1.807, 2.05) is 19.9 Å². The molecule has 1 unspecified atom stereocenters. The van der Waals surface area contributed by atoms with Gasteiger partial charge in [-0.15, -0.1) is 0 Å². The number of hydrogen-bond donors (Lipinski definition) is 2.